The fraction of sp³-hybridized carbons (Fsp3) is 0.700. The minimum absolute atomic E-state index is 0.00287. The molecule has 0 N–H and O–H groups in total. The van der Waals surface area contributed by atoms with E-state index in [9.17, 15) is 4.79 Å². The van der Waals surface area contributed by atoms with Crippen LogP contribution in [0.1, 0.15) is 32.6 Å². The molecule has 0 aromatic heterocycles. The number of ether oxygens (including phenoxy) is 1. The molecule has 0 aromatic rings. The molecule has 0 unspecified atom stereocenters. The zero-order valence-electron chi connectivity index (χ0n) is 7.38. The van der Waals surface area contributed by atoms with Gasteiger partial charge in [0.2, 0.25) is 0 Å². The SMILES string of the molecule is C[C@@]12CC/C=C\[C@@H](CC1)OC2=O. The molecule has 0 amide bonds. The van der Waals surface area contributed by atoms with E-state index >= 15 is 0 Å². The molecule has 2 nitrogen and oxygen atoms in total. The molecule has 0 aromatic carbocycles. The van der Waals surface area contributed by atoms with Gasteiger partial charge in [0.25, 0.3) is 0 Å². The van der Waals surface area contributed by atoms with Crippen LogP contribution in [0.3, 0.4) is 0 Å². The predicted molar refractivity (Wildman–Crippen MR) is 45.6 cm³/mol. The van der Waals surface area contributed by atoms with Crippen molar-refractivity contribution in [2.45, 2.75) is 38.7 Å². The third-order valence-corrected chi connectivity index (χ3v) is 2.95. The number of esters is 1. The van der Waals surface area contributed by atoms with Crippen LogP contribution >= 0.6 is 0 Å². The Morgan fingerprint density at radius 1 is 1.58 bits per heavy atom. The first-order chi connectivity index (χ1) is 5.71. The third kappa shape index (κ3) is 1.15. The molecule has 2 aliphatic heterocycles. The van der Waals surface area contributed by atoms with Gasteiger partial charge in [-0.25, -0.2) is 0 Å². The maximum Gasteiger partial charge on any atom is 0.312 e. The van der Waals surface area contributed by atoms with Crippen LogP contribution in [-0.2, 0) is 9.53 Å². The molecule has 1 saturated heterocycles. The summed E-state index contributed by atoms with van der Waals surface area (Å²) in [5.41, 5.74) is -0.193. The normalized spacial score (nSPS) is 43.1. The van der Waals surface area contributed by atoms with Crippen LogP contribution in [0.2, 0.25) is 0 Å². The van der Waals surface area contributed by atoms with Gasteiger partial charge < -0.3 is 4.74 Å². The highest BCUT2D eigenvalue weighted by molar-refractivity contribution is 5.77. The maximum absolute atomic E-state index is 11.5. The molecule has 2 heterocycles. The van der Waals surface area contributed by atoms with Gasteiger partial charge in [-0.3, -0.25) is 4.79 Å². The van der Waals surface area contributed by atoms with Crippen LogP contribution in [0.5, 0.6) is 0 Å². The highest BCUT2D eigenvalue weighted by atomic mass is 16.5. The number of allylic oxidation sites excluding steroid dienone is 1. The summed E-state index contributed by atoms with van der Waals surface area (Å²) >= 11 is 0. The van der Waals surface area contributed by atoms with Gasteiger partial charge in [-0.05, 0) is 38.7 Å². The Hall–Kier alpha value is -0.790. The molecule has 1 fully saturated rings. The lowest BCUT2D eigenvalue weighted by atomic mass is 9.77. The molecule has 0 saturated carbocycles. The lowest BCUT2D eigenvalue weighted by Crippen LogP contribution is -2.39. The zero-order chi connectivity index (χ0) is 8.60. The second kappa shape index (κ2) is 2.61. The fourth-order valence-corrected chi connectivity index (χ4v) is 1.91. The largest absolute Gasteiger partial charge is 0.458 e. The van der Waals surface area contributed by atoms with E-state index < -0.39 is 0 Å². The first kappa shape index (κ1) is 7.84. The summed E-state index contributed by atoms with van der Waals surface area (Å²) < 4.78 is 5.27. The second-order valence-electron chi connectivity index (χ2n) is 4.01. The van der Waals surface area contributed by atoms with Gasteiger partial charge in [0, 0.05) is 0 Å². The van der Waals surface area contributed by atoms with Crippen molar-refractivity contribution in [3.8, 4) is 0 Å². The van der Waals surface area contributed by atoms with Crippen LogP contribution in [0, 0.1) is 5.41 Å². The van der Waals surface area contributed by atoms with Gasteiger partial charge in [-0.15, -0.1) is 0 Å². The van der Waals surface area contributed by atoms with Gasteiger partial charge in [-0.1, -0.05) is 6.08 Å². The Labute approximate surface area is 72.6 Å². The van der Waals surface area contributed by atoms with Crippen molar-refractivity contribution < 1.29 is 9.53 Å². The Bertz CT molecular complexity index is 232. The van der Waals surface area contributed by atoms with Gasteiger partial charge >= 0.3 is 5.97 Å². The van der Waals surface area contributed by atoms with Crippen LogP contribution in [0.4, 0.5) is 0 Å². The summed E-state index contributed by atoms with van der Waals surface area (Å²) in [6.45, 7) is 2.02. The number of carbonyl (C=O) groups excluding carboxylic acids is 1. The highest BCUT2D eigenvalue weighted by Gasteiger charge is 2.40. The van der Waals surface area contributed by atoms with E-state index in [0.29, 0.717) is 0 Å². The summed E-state index contributed by atoms with van der Waals surface area (Å²) in [5.74, 6) is 0.00287. The summed E-state index contributed by atoms with van der Waals surface area (Å²) in [6, 6.07) is 0. The molecular formula is C10H14O2. The quantitative estimate of drug-likeness (QED) is 0.406. The predicted octanol–water partition coefficient (Wildman–Crippen LogP) is 2.05. The molecule has 2 bridgehead atoms. The monoisotopic (exact) mass is 166 g/mol. The highest BCUT2D eigenvalue weighted by Crippen LogP contribution is 2.38. The van der Waals surface area contributed by atoms with Gasteiger partial charge in [0.05, 0.1) is 5.41 Å². The van der Waals surface area contributed by atoms with E-state index in [1.807, 2.05) is 13.0 Å². The maximum atomic E-state index is 11.5. The number of fused-ring (bicyclic) bond motifs is 4. The van der Waals surface area contributed by atoms with E-state index in [1.165, 1.54) is 0 Å². The van der Waals surface area contributed by atoms with E-state index in [4.69, 9.17) is 4.74 Å². The Kier molecular flexibility index (Phi) is 1.71. The van der Waals surface area contributed by atoms with E-state index in [-0.39, 0.29) is 17.5 Å². The Morgan fingerprint density at radius 3 is 3.17 bits per heavy atom. The molecule has 3 aliphatic rings. The lowest BCUT2D eigenvalue weighted by Gasteiger charge is -2.36. The fourth-order valence-electron chi connectivity index (χ4n) is 1.91. The molecule has 12 heavy (non-hydrogen) atoms. The minimum atomic E-state index is -0.193. The first-order valence-electron chi connectivity index (χ1n) is 4.58. The van der Waals surface area contributed by atoms with Crippen molar-refractivity contribution in [2.75, 3.05) is 0 Å². The van der Waals surface area contributed by atoms with Crippen molar-refractivity contribution in [3.63, 3.8) is 0 Å². The summed E-state index contributed by atoms with van der Waals surface area (Å²) in [5, 5.41) is 0. The van der Waals surface area contributed by atoms with Crippen molar-refractivity contribution in [2.24, 2.45) is 5.41 Å². The Balaban J connectivity index is 2.27. The molecule has 1 aliphatic carbocycles. The molecule has 0 radical (unpaired) electrons. The second-order valence-corrected chi connectivity index (χ2v) is 4.01. The van der Waals surface area contributed by atoms with E-state index in [1.54, 1.807) is 0 Å². The topological polar surface area (TPSA) is 26.3 Å². The molecule has 2 atom stereocenters. The van der Waals surface area contributed by atoms with Crippen LogP contribution in [0.25, 0.3) is 0 Å². The number of carbonyl (C=O) groups is 1. The van der Waals surface area contributed by atoms with Crippen LogP contribution in [0.15, 0.2) is 12.2 Å². The minimum Gasteiger partial charge on any atom is -0.458 e. The molecule has 0 spiro atoms. The molecular weight excluding hydrogens is 152 g/mol. The number of hydrogen-bond acceptors (Lipinski definition) is 2. The lowest BCUT2D eigenvalue weighted by molar-refractivity contribution is -0.166. The summed E-state index contributed by atoms with van der Waals surface area (Å²) in [7, 11) is 0. The molecule has 66 valence electrons. The standard InChI is InChI=1S/C10H14O2/c1-10-6-3-2-4-8(5-7-10)12-9(10)11/h2,4,8H,3,5-7H2,1H3/b4-2-/t8-,10+/m0/s1. The smallest absolute Gasteiger partial charge is 0.312 e. The van der Waals surface area contributed by atoms with Crippen molar-refractivity contribution in [1.29, 1.82) is 0 Å². The van der Waals surface area contributed by atoms with Crippen LogP contribution < -0.4 is 0 Å². The average molecular weight is 166 g/mol. The Morgan fingerprint density at radius 2 is 2.42 bits per heavy atom. The van der Waals surface area contributed by atoms with E-state index in [0.717, 1.165) is 25.7 Å². The van der Waals surface area contributed by atoms with Gasteiger partial charge in [-0.2, -0.15) is 0 Å². The van der Waals surface area contributed by atoms with Gasteiger partial charge in [0.15, 0.2) is 0 Å². The van der Waals surface area contributed by atoms with E-state index in [2.05, 4.69) is 6.08 Å². The van der Waals surface area contributed by atoms with Crippen molar-refractivity contribution in [3.05, 3.63) is 12.2 Å². The summed E-state index contributed by atoms with van der Waals surface area (Å²) in [6.07, 6.45) is 8.16. The molecule has 2 heteroatoms. The first-order valence-corrected chi connectivity index (χ1v) is 4.58. The van der Waals surface area contributed by atoms with Gasteiger partial charge in [0.1, 0.15) is 6.10 Å². The van der Waals surface area contributed by atoms with Crippen molar-refractivity contribution in [1.82, 2.24) is 0 Å². The van der Waals surface area contributed by atoms with Crippen LogP contribution in [-0.4, -0.2) is 12.1 Å². The summed E-state index contributed by atoms with van der Waals surface area (Å²) in [4.78, 5) is 11.5. The number of hydrogen-bond donors (Lipinski definition) is 0. The number of rotatable bonds is 0. The van der Waals surface area contributed by atoms with Crippen molar-refractivity contribution >= 4 is 5.97 Å². The third-order valence-electron chi connectivity index (χ3n) is 2.95. The average Bonchev–Trinajstić information content (AvgIpc) is 2.01. The zero-order valence-corrected chi connectivity index (χ0v) is 7.38. The molecule has 3 rings (SSSR count).